The average Bonchev–Trinajstić information content (AvgIpc) is 3.39. The van der Waals surface area contributed by atoms with Crippen LogP contribution in [-0.4, -0.2) is 34.0 Å². The lowest BCUT2D eigenvalue weighted by Crippen LogP contribution is -2.46. The van der Waals surface area contributed by atoms with E-state index >= 15 is 0 Å². The van der Waals surface area contributed by atoms with Gasteiger partial charge in [-0.15, -0.1) is 11.3 Å². The summed E-state index contributed by atoms with van der Waals surface area (Å²) in [4.78, 5) is 29.1. The highest BCUT2D eigenvalue weighted by atomic mass is 32.1. The van der Waals surface area contributed by atoms with Gasteiger partial charge in [0, 0.05) is 12.5 Å². The number of rotatable bonds is 6. The van der Waals surface area contributed by atoms with Crippen LogP contribution >= 0.6 is 11.3 Å². The molecule has 3 saturated carbocycles. The van der Waals surface area contributed by atoms with Crippen molar-refractivity contribution in [2.24, 2.45) is 11.3 Å². The van der Waals surface area contributed by atoms with Crippen molar-refractivity contribution >= 4 is 23.2 Å². The SMILES string of the molecule is CC(O)c1ncc(C(=O)NCC2(NC(=O)C3CC34CCC4)CC2)s1. The summed E-state index contributed by atoms with van der Waals surface area (Å²) in [5, 5.41) is 16.1. The highest BCUT2D eigenvalue weighted by Gasteiger charge is 2.62. The molecule has 2 unspecified atom stereocenters. The minimum Gasteiger partial charge on any atom is -0.386 e. The van der Waals surface area contributed by atoms with E-state index in [-0.39, 0.29) is 23.3 Å². The predicted molar refractivity (Wildman–Crippen MR) is 89.6 cm³/mol. The van der Waals surface area contributed by atoms with Crippen molar-refractivity contribution in [2.75, 3.05) is 6.54 Å². The Morgan fingerprint density at radius 3 is 2.67 bits per heavy atom. The molecule has 3 aliphatic carbocycles. The summed E-state index contributed by atoms with van der Waals surface area (Å²) in [6.07, 6.45) is 7.37. The summed E-state index contributed by atoms with van der Waals surface area (Å²) in [6, 6.07) is 0. The summed E-state index contributed by atoms with van der Waals surface area (Å²) in [5.74, 6) is 0.187. The van der Waals surface area contributed by atoms with Crippen LogP contribution in [0.15, 0.2) is 6.20 Å². The quantitative estimate of drug-likeness (QED) is 0.730. The lowest BCUT2D eigenvalue weighted by atomic mass is 9.79. The van der Waals surface area contributed by atoms with E-state index in [9.17, 15) is 14.7 Å². The van der Waals surface area contributed by atoms with E-state index in [1.807, 2.05) is 0 Å². The Hall–Kier alpha value is -1.47. The maximum atomic E-state index is 12.4. The van der Waals surface area contributed by atoms with Crippen molar-refractivity contribution in [2.45, 2.75) is 57.1 Å². The lowest BCUT2D eigenvalue weighted by molar-refractivity contribution is -0.124. The Bertz CT molecular complexity index is 676. The van der Waals surface area contributed by atoms with Crippen LogP contribution < -0.4 is 10.6 Å². The Morgan fingerprint density at radius 1 is 1.42 bits per heavy atom. The molecular weight excluding hydrogens is 326 g/mol. The maximum Gasteiger partial charge on any atom is 0.263 e. The van der Waals surface area contributed by atoms with Crippen LogP contribution in [0.25, 0.3) is 0 Å². The number of nitrogens with zero attached hydrogens (tertiary/aromatic N) is 1. The summed E-state index contributed by atoms with van der Waals surface area (Å²) in [7, 11) is 0. The number of carbonyl (C=O) groups is 2. The van der Waals surface area contributed by atoms with Gasteiger partial charge in [0.25, 0.3) is 5.91 Å². The van der Waals surface area contributed by atoms with Crippen LogP contribution in [-0.2, 0) is 4.79 Å². The molecule has 0 bridgehead atoms. The van der Waals surface area contributed by atoms with Gasteiger partial charge < -0.3 is 15.7 Å². The highest BCUT2D eigenvalue weighted by Crippen LogP contribution is 2.65. The number of amides is 2. The summed E-state index contributed by atoms with van der Waals surface area (Å²) < 4.78 is 0. The number of aliphatic hydroxyl groups is 1. The Balaban J connectivity index is 1.28. The third-order valence-corrected chi connectivity index (χ3v) is 6.96. The fraction of sp³-hybridized carbons (Fsp3) is 0.706. The van der Waals surface area contributed by atoms with Crippen LogP contribution in [0.1, 0.15) is 66.2 Å². The van der Waals surface area contributed by atoms with Crippen molar-refractivity contribution in [1.82, 2.24) is 15.6 Å². The largest absolute Gasteiger partial charge is 0.386 e. The monoisotopic (exact) mass is 349 g/mol. The molecule has 2 amide bonds. The fourth-order valence-electron chi connectivity index (χ4n) is 3.67. The molecule has 1 spiro atoms. The van der Waals surface area contributed by atoms with Crippen molar-refractivity contribution in [3.63, 3.8) is 0 Å². The summed E-state index contributed by atoms with van der Waals surface area (Å²) in [5.41, 5.74) is 0.0848. The first-order valence-electron chi connectivity index (χ1n) is 8.67. The number of carbonyl (C=O) groups excluding carboxylic acids is 2. The number of hydrogen-bond acceptors (Lipinski definition) is 5. The molecule has 130 valence electrons. The summed E-state index contributed by atoms with van der Waals surface area (Å²) in [6.45, 7) is 2.08. The van der Waals surface area contributed by atoms with Gasteiger partial charge in [-0.05, 0) is 44.4 Å². The molecule has 3 fully saturated rings. The second kappa shape index (κ2) is 5.52. The van der Waals surface area contributed by atoms with Crippen molar-refractivity contribution in [1.29, 1.82) is 0 Å². The molecule has 1 aromatic heterocycles. The van der Waals surface area contributed by atoms with Crippen LogP contribution in [0.3, 0.4) is 0 Å². The van der Waals surface area contributed by atoms with Gasteiger partial charge in [-0.2, -0.15) is 0 Å². The fourth-order valence-corrected chi connectivity index (χ4v) is 4.44. The van der Waals surface area contributed by atoms with Gasteiger partial charge in [0.2, 0.25) is 5.91 Å². The molecule has 24 heavy (non-hydrogen) atoms. The van der Waals surface area contributed by atoms with Crippen molar-refractivity contribution in [3.05, 3.63) is 16.1 Å². The van der Waals surface area contributed by atoms with Gasteiger partial charge in [-0.3, -0.25) is 9.59 Å². The zero-order valence-electron chi connectivity index (χ0n) is 13.8. The number of aromatic nitrogens is 1. The van der Waals surface area contributed by atoms with Crippen molar-refractivity contribution < 1.29 is 14.7 Å². The molecule has 1 heterocycles. The van der Waals surface area contributed by atoms with Crippen LogP contribution in [0.4, 0.5) is 0 Å². The second-order valence-electron chi connectivity index (χ2n) is 7.66. The Labute approximate surface area is 145 Å². The minimum atomic E-state index is -0.664. The van der Waals surface area contributed by atoms with E-state index in [4.69, 9.17) is 0 Å². The normalized spacial score (nSPS) is 26.3. The molecule has 6 nitrogen and oxygen atoms in total. The third-order valence-electron chi connectivity index (χ3n) is 5.79. The molecule has 0 radical (unpaired) electrons. The smallest absolute Gasteiger partial charge is 0.263 e. The zero-order valence-corrected chi connectivity index (χ0v) is 14.6. The number of nitrogens with one attached hydrogen (secondary N) is 2. The molecule has 7 heteroatoms. The van der Waals surface area contributed by atoms with E-state index in [1.54, 1.807) is 6.92 Å². The molecule has 4 rings (SSSR count). The first kappa shape index (κ1) is 16.0. The van der Waals surface area contributed by atoms with Crippen LogP contribution in [0.5, 0.6) is 0 Å². The van der Waals surface area contributed by atoms with Gasteiger partial charge in [-0.1, -0.05) is 6.42 Å². The van der Waals surface area contributed by atoms with E-state index in [0.717, 1.165) is 19.3 Å². The first-order valence-corrected chi connectivity index (χ1v) is 9.49. The van der Waals surface area contributed by atoms with E-state index in [0.29, 0.717) is 21.8 Å². The van der Waals surface area contributed by atoms with E-state index in [1.165, 1.54) is 36.8 Å². The van der Waals surface area contributed by atoms with Crippen LogP contribution in [0, 0.1) is 11.3 Å². The molecule has 2 atom stereocenters. The average molecular weight is 349 g/mol. The van der Waals surface area contributed by atoms with Crippen LogP contribution in [0.2, 0.25) is 0 Å². The molecule has 3 aliphatic rings. The van der Waals surface area contributed by atoms with Gasteiger partial charge in [0.1, 0.15) is 16.0 Å². The zero-order chi connectivity index (χ0) is 16.9. The number of aliphatic hydroxyl groups excluding tert-OH is 1. The van der Waals surface area contributed by atoms with E-state index < -0.39 is 6.10 Å². The Kier molecular flexibility index (Phi) is 3.69. The molecule has 1 aromatic rings. The predicted octanol–water partition coefficient (Wildman–Crippen LogP) is 1.77. The minimum absolute atomic E-state index is 0.177. The number of thiazole rings is 1. The van der Waals surface area contributed by atoms with Crippen molar-refractivity contribution in [3.8, 4) is 0 Å². The highest BCUT2D eigenvalue weighted by molar-refractivity contribution is 7.13. The van der Waals surface area contributed by atoms with Gasteiger partial charge in [-0.25, -0.2) is 4.98 Å². The molecule has 0 aliphatic heterocycles. The van der Waals surface area contributed by atoms with E-state index in [2.05, 4.69) is 15.6 Å². The molecule has 3 N–H and O–H groups in total. The van der Waals surface area contributed by atoms with Gasteiger partial charge in [0.05, 0.1) is 11.7 Å². The molecule has 0 saturated heterocycles. The Morgan fingerprint density at radius 2 is 2.17 bits per heavy atom. The number of hydrogen-bond donors (Lipinski definition) is 3. The maximum absolute atomic E-state index is 12.4. The topological polar surface area (TPSA) is 91.3 Å². The molecular formula is C17H23N3O3S. The second-order valence-corrected chi connectivity index (χ2v) is 8.73. The van der Waals surface area contributed by atoms with Gasteiger partial charge in [0.15, 0.2) is 0 Å². The lowest BCUT2D eigenvalue weighted by Gasteiger charge is -2.27. The first-order chi connectivity index (χ1) is 11.4. The summed E-state index contributed by atoms with van der Waals surface area (Å²) >= 11 is 1.20. The molecule has 0 aromatic carbocycles. The van der Waals surface area contributed by atoms with Gasteiger partial charge >= 0.3 is 0 Å². The third kappa shape index (κ3) is 2.84. The standard InChI is InChI=1S/C17H23N3O3S/c1-10(21)15-18-8-12(24-15)14(23)19-9-17(5-6-17)20-13(22)11-7-16(11)3-2-4-16/h8,10-11,21H,2-7,9H2,1H3,(H,19,23)(H,20,22).